The molecule has 0 aromatic heterocycles. The van der Waals surface area contributed by atoms with E-state index in [1.807, 2.05) is 26.0 Å². The van der Waals surface area contributed by atoms with Crippen LogP contribution in [0.4, 0.5) is 0 Å². The summed E-state index contributed by atoms with van der Waals surface area (Å²) in [5.74, 6) is -1.35. The highest BCUT2D eigenvalue weighted by atomic mass is 16.6. The lowest BCUT2D eigenvalue weighted by molar-refractivity contribution is -0.151. The number of amides is 1. The highest BCUT2D eigenvalue weighted by Crippen LogP contribution is 2.12. The summed E-state index contributed by atoms with van der Waals surface area (Å²) >= 11 is 0. The van der Waals surface area contributed by atoms with Crippen molar-refractivity contribution < 1.29 is 33.3 Å². The van der Waals surface area contributed by atoms with Crippen molar-refractivity contribution in [2.24, 2.45) is 11.8 Å². The Morgan fingerprint density at radius 3 is 1.93 bits per heavy atom. The summed E-state index contributed by atoms with van der Waals surface area (Å²) in [6.07, 6.45) is 6.59. The van der Waals surface area contributed by atoms with E-state index in [0.717, 1.165) is 0 Å². The second-order valence-corrected chi connectivity index (χ2v) is 7.13. The van der Waals surface area contributed by atoms with E-state index in [4.69, 9.17) is 18.9 Å². The SMILES string of the molecule is CO[C@H]1COC(=O)[C@H](C)NC(=O)CC=C[C@@H](C)[C@H](OC)COC(=O)CC=C[C@@H]1C. The Hall–Kier alpha value is -2.19. The van der Waals surface area contributed by atoms with Crippen LogP contribution in [-0.4, -0.2) is 63.5 Å². The average Bonchev–Trinajstić information content (AvgIpc) is 2.67. The number of nitrogens with one attached hydrogen (secondary N) is 1. The predicted molar refractivity (Wildman–Crippen MR) is 107 cm³/mol. The fourth-order valence-electron chi connectivity index (χ4n) is 2.77. The topological polar surface area (TPSA) is 100 Å². The molecule has 5 atom stereocenters. The third-order valence-corrected chi connectivity index (χ3v) is 4.77. The smallest absolute Gasteiger partial charge is 0.328 e. The first kappa shape index (κ1) is 24.8. The normalized spacial score (nSPS) is 31.1. The zero-order valence-corrected chi connectivity index (χ0v) is 17.9. The van der Waals surface area contributed by atoms with Crippen molar-refractivity contribution in [1.82, 2.24) is 5.32 Å². The molecule has 0 aromatic carbocycles. The number of hydrogen-bond donors (Lipinski definition) is 1. The molecule has 0 unspecified atom stereocenters. The lowest BCUT2D eigenvalue weighted by Gasteiger charge is -2.21. The van der Waals surface area contributed by atoms with Gasteiger partial charge >= 0.3 is 11.9 Å². The van der Waals surface area contributed by atoms with Gasteiger partial charge in [-0.15, -0.1) is 0 Å². The van der Waals surface area contributed by atoms with Crippen LogP contribution < -0.4 is 5.32 Å². The summed E-state index contributed by atoms with van der Waals surface area (Å²) in [6, 6.07) is -0.767. The van der Waals surface area contributed by atoms with E-state index in [1.165, 1.54) is 7.11 Å². The van der Waals surface area contributed by atoms with Crippen molar-refractivity contribution in [3.8, 4) is 0 Å². The molecule has 0 saturated heterocycles. The van der Waals surface area contributed by atoms with Gasteiger partial charge in [-0.1, -0.05) is 38.2 Å². The van der Waals surface area contributed by atoms with Gasteiger partial charge < -0.3 is 24.3 Å². The maximum Gasteiger partial charge on any atom is 0.328 e. The van der Waals surface area contributed by atoms with Crippen LogP contribution in [0.5, 0.6) is 0 Å². The van der Waals surface area contributed by atoms with Crippen LogP contribution in [0.1, 0.15) is 33.6 Å². The minimum Gasteiger partial charge on any atom is -0.463 e. The summed E-state index contributed by atoms with van der Waals surface area (Å²) in [4.78, 5) is 36.2. The highest BCUT2D eigenvalue weighted by molar-refractivity contribution is 5.84. The quantitative estimate of drug-likeness (QED) is 0.546. The Bertz CT molecular complexity index is 602. The van der Waals surface area contributed by atoms with E-state index in [0.29, 0.717) is 0 Å². The number of hydrogen-bond acceptors (Lipinski definition) is 7. The first-order chi connectivity index (χ1) is 13.8. The number of ether oxygens (including phenoxy) is 4. The minimum absolute atomic E-state index is 0.0401. The van der Waals surface area contributed by atoms with Crippen molar-refractivity contribution >= 4 is 17.8 Å². The molecule has 0 fully saturated rings. The summed E-state index contributed by atoms with van der Waals surface area (Å²) in [6.45, 7) is 5.54. The van der Waals surface area contributed by atoms with E-state index in [1.54, 1.807) is 26.2 Å². The predicted octanol–water partition coefficient (Wildman–Crippen LogP) is 1.79. The molecule has 0 aliphatic carbocycles. The molecule has 164 valence electrons. The molecule has 1 amide bonds. The molecule has 0 saturated carbocycles. The Morgan fingerprint density at radius 2 is 1.38 bits per heavy atom. The largest absolute Gasteiger partial charge is 0.463 e. The summed E-state index contributed by atoms with van der Waals surface area (Å²) in [7, 11) is 3.07. The van der Waals surface area contributed by atoms with Crippen LogP contribution in [0.15, 0.2) is 24.3 Å². The molecular formula is C21H33NO7. The Balaban J connectivity index is 2.90. The second-order valence-electron chi connectivity index (χ2n) is 7.13. The lowest BCUT2D eigenvalue weighted by atomic mass is 10.0. The molecule has 8 nitrogen and oxygen atoms in total. The molecule has 29 heavy (non-hydrogen) atoms. The van der Waals surface area contributed by atoms with Gasteiger partial charge in [0.15, 0.2) is 0 Å². The van der Waals surface area contributed by atoms with Crippen LogP contribution in [0, 0.1) is 11.8 Å². The van der Waals surface area contributed by atoms with E-state index < -0.39 is 12.0 Å². The molecule has 1 rings (SSSR count). The van der Waals surface area contributed by atoms with Crippen LogP contribution in [0.3, 0.4) is 0 Å². The number of carbonyl (C=O) groups excluding carboxylic acids is 3. The highest BCUT2D eigenvalue weighted by Gasteiger charge is 2.22. The molecule has 1 N–H and O–H groups in total. The number of carbonyl (C=O) groups is 3. The number of methoxy groups -OCH3 is 2. The van der Waals surface area contributed by atoms with Gasteiger partial charge in [-0.2, -0.15) is 0 Å². The molecule has 0 aromatic rings. The molecular weight excluding hydrogens is 378 g/mol. The first-order valence-electron chi connectivity index (χ1n) is 9.79. The second kappa shape index (κ2) is 13.1. The van der Waals surface area contributed by atoms with Gasteiger partial charge in [-0.05, 0) is 6.92 Å². The number of cyclic esters (lactones) is 2. The van der Waals surface area contributed by atoms with Crippen LogP contribution >= 0.6 is 0 Å². The zero-order chi connectivity index (χ0) is 21.8. The average molecular weight is 411 g/mol. The third kappa shape index (κ3) is 9.23. The molecule has 0 radical (unpaired) electrons. The van der Waals surface area contributed by atoms with E-state index in [9.17, 15) is 14.4 Å². The molecule has 0 bridgehead atoms. The fraction of sp³-hybridized carbons (Fsp3) is 0.667. The molecule has 8 heteroatoms. The van der Waals surface area contributed by atoms with Crippen LogP contribution in [-0.2, 0) is 33.3 Å². The van der Waals surface area contributed by atoms with Gasteiger partial charge in [0.1, 0.15) is 19.3 Å². The van der Waals surface area contributed by atoms with Gasteiger partial charge in [-0.3, -0.25) is 9.59 Å². The maximum atomic E-state index is 12.1. The van der Waals surface area contributed by atoms with Crippen LogP contribution in [0.25, 0.3) is 0 Å². The maximum absolute atomic E-state index is 12.1. The summed E-state index contributed by atoms with van der Waals surface area (Å²) in [5.41, 5.74) is 0. The van der Waals surface area contributed by atoms with Gasteiger partial charge in [0.25, 0.3) is 0 Å². The van der Waals surface area contributed by atoms with Gasteiger partial charge in [0.05, 0.1) is 18.6 Å². The number of esters is 2. The Morgan fingerprint density at radius 1 is 0.862 bits per heavy atom. The van der Waals surface area contributed by atoms with Crippen molar-refractivity contribution in [3.05, 3.63) is 24.3 Å². The lowest BCUT2D eigenvalue weighted by Crippen LogP contribution is -2.40. The molecule has 1 heterocycles. The zero-order valence-electron chi connectivity index (χ0n) is 17.9. The standard InChI is InChI=1S/C21H33NO7/c1-14-8-6-10-19(23)22-16(3)21(25)29-13-18(27-5)15(2)9-7-11-20(24)28-12-17(14)26-4/h6-9,14-18H,10-13H2,1-5H3,(H,22,23)/t14-,15+,16+,17-,18+/m1/s1. The van der Waals surface area contributed by atoms with Gasteiger partial charge in [0.2, 0.25) is 5.91 Å². The van der Waals surface area contributed by atoms with Crippen molar-refractivity contribution in [3.63, 3.8) is 0 Å². The van der Waals surface area contributed by atoms with Crippen molar-refractivity contribution in [2.75, 3.05) is 27.4 Å². The van der Waals surface area contributed by atoms with Crippen molar-refractivity contribution in [2.45, 2.75) is 51.9 Å². The van der Waals surface area contributed by atoms with E-state index in [2.05, 4.69) is 5.32 Å². The minimum atomic E-state index is -0.767. The van der Waals surface area contributed by atoms with Crippen molar-refractivity contribution in [1.29, 1.82) is 0 Å². The Labute approximate surface area is 172 Å². The van der Waals surface area contributed by atoms with E-state index in [-0.39, 0.29) is 62.0 Å². The van der Waals surface area contributed by atoms with Gasteiger partial charge in [-0.25, -0.2) is 4.79 Å². The molecule has 1 aliphatic rings. The summed E-state index contributed by atoms with van der Waals surface area (Å²) < 4.78 is 21.3. The number of rotatable bonds is 2. The monoisotopic (exact) mass is 411 g/mol. The fourth-order valence-corrected chi connectivity index (χ4v) is 2.77. The molecule has 0 spiro atoms. The molecule has 1 aliphatic heterocycles. The van der Waals surface area contributed by atoms with E-state index >= 15 is 0 Å². The summed E-state index contributed by atoms with van der Waals surface area (Å²) in [5, 5.41) is 2.61. The Kier molecular flexibility index (Phi) is 11.2. The van der Waals surface area contributed by atoms with Crippen LogP contribution in [0.2, 0.25) is 0 Å². The first-order valence-corrected chi connectivity index (χ1v) is 9.79. The van der Waals surface area contributed by atoms with Gasteiger partial charge in [0, 0.05) is 32.5 Å². The third-order valence-electron chi connectivity index (χ3n) is 4.77.